The number of aryl methyl sites for hydroxylation is 2. The van der Waals surface area contributed by atoms with Gasteiger partial charge in [0.1, 0.15) is 5.75 Å². The van der Waals surface area contributed by atoms with E-state index < -0.39 is 10.3 Å². The molecule has 0 atom stereocenters. The first-order valence-electron chi connectivity index (χ1n) is 11.4. The van der Waals surface area contributed by atoms with Crippen LogP contribution in [0.3, 0.4) is 0 Å². The third-order valence-electron chi connectivity index (χ3n) is 5.87. The molecular weight excluding hydrogens is 438 g/mol. The van der Waals surface area contributed by atoms with Gasteiger partial charge in [-0.15, -0.1) is 0 Å². The van der Waals surface area contributed by atoms with Crippen LogP contribution < -0.4 is 14.6 Å². The predicted octanol–water partition coefficient (Wildman–Crippen LogP) is 4.83. The van der Waals surface area contributed by atoms with Crippen molar-refractivity contribution in [2.45, 2.75) is 52.4 Å². The highest BCUT2D eigenvalue weighted by Gasteiger charge is 2.16. The number of aromatic nitrogens is 1. The fourth-order valence-corrected chi connectivity index (χ4v) is 4.57. The smallest absolute Gasteiger partial charge is 0.371 e. The fraction of sp³-hybridized carbons (Fsp3) is 0.400. The van der Waals surface area contributed by atoms with Crippen LogP contribution in [0, 0.1) is 6.92 Å². The van der Waals surface area contributed by atoms with Crippen LogP contribution in [0.2, 0.25) is 0 Å². The first-order valence-corrected chi connectivity index (χ1v) is 12.9. The van der Waals surface area contributed by atoms with Gasteiger partial charge in [0.2, 0.25) is 0 Å². The van der Waals surface area contributed by atoms with Crippen LogP contribution in [0.25, 0.3) is 22.2 Å². The molecule has 3 rings (SSSR count). The monoisotopic (exact) mass is 471 g/mol. The van der Waals surface area contributed by atoms with Crippen molar-refractivity contribution in [2.24, 2.45) is 12.2 Å². The highest BCUT2D eigenvalue weighted by atomic mass is 32.2. The lowest BCUT2D eigenvalue weighted by Gasteiger charge is -2.08. The van der Waals surface area contributed by atoms with Crippen LogP contribution in [0.1, 0.15) is 61.4 Å². The Morgan fingerprint density at radius 2 is 1.70 bits per heavy atom. The maximum Gasteiger partial charge on any atom is 0.380 e. The van der Waals surface area contributed by atoms with E-state index in [0.717, 1.165) is 40.6 Å². The largest absolute Gasteiger partial charge is 0.380 e. The summed E-state index contributed by atoms with van der Waals surface area (Å²) in [6, 6.07) is 12.5. The van der Waals surface area contributed by atoms with Gasteiger partial charge in [-0.2, -0.15) is 13.6 Å². The Kier molecular flexibility index (Phi) is 8.15. The normalized spacial score (nSPS) is 11.6. The predicted molar refractivity (Wildman–Crippen MR) is 133 cm³/mol. The van der Waals surface area contributed by atoms with E-state index in [1.807, 2.05) is 32.2 Å². The molecule has 0 spiro atoms. The van der Waals surface area contributed by atoms with Crippen molar-refractivity contribution in [3.05, 3.63) is 53.6 Å². The molecule has 0 fully saturated rings. The van der Waals surface area contributed by atoms with Gasteiger partial charge in [-0.3, -0.25) is 4.79 Å². The summed E-state index contributed by atoms with van der Waals surface area (Å²) in [5.74, 6) is 0.0988. The Morgan fingerprint density at radius 1 is 1.03 bits per heavy atom. The number of amides is 1. The zero-order valence-electron chi connectivity index (χ0n) is 19.6. The van der Waals surface area contributed by atoms with E-state index >= 15 is 0 Å². The summed E-state index contributed by atoms with van der Waals surface area (Å²) in [6.07, 6.45) is 7.13. The highest BCUT2D eigenvalue weighted by molar-refractivity contribution is 7.84. The number of hydrogen-bond donors (Lipinski definition) is 2. The van der Waals surface area contributed by atoms with Crippen molar-refractivity contribution >= 4 is 27.1 Å². The Labute approximate surface area is 196 Å². The lowest BCUT2D eigenvalue weighted by atomic mass is 10.0. The first-order chi connectivity index (χ1) is 15.7. The number of hydrogen-bond acceptors (Lipinski definition) is 4. The Morgan fingerprint density at radius 3 is 2.36 bits per heavy atom. The molecule has 2 aromatic carbocycles. The van der Waals surface area contributed by atoms with Crippen molar-refractivity contribution in [3.63, 3.8) is 0 Å². The molecule has 0 radical (unpaired) electrons. The molecule has 1 amide bonds. The molecule has 178 valence electrons. The Balaban J connectivity index is 1.74. The number of nitrogens with two attached hydrogens (primary N) is 1. The molecule has 3 N–H and O–H groups in total. The third kappa shape index (κ3) is 6.36. The van der Waals surface area contributed by atoms with Crippen LogP contribution in [-0.4, -0.2) is 25.4 Å². The summed E-state index contributed by atoms with van der Waals surface area (Å²) in [5.41, 5.74) is 4.59. The molecule has 0 saturated heterocycles. The second-order valence-electron chi connectivity index (χ2n) is 8.39. The molecule has 0 aliphatic carbocycles. The number of carbonyl (C=O) groups is 1. The second-order valence-corrected chi connectivity index (χ2v) is 9.54. The summed E-state index contributed by atoms with van der Waals surface area (Å²) in [7, 11) is -2.09. The van der Waals surface area contributed by atoms with Crippen molar-refractivity contribution < 1.29 is 17.4 Å². The molecule has 0 bridgehead atoms. The molecule has 0 aliphatic heterocycles. The minimum atomic E-state index is -4.06. The summed E-state index contributed by atoms with van der Waals surface area (Å²) in [5, 5.41) is 8.97. The summed E-state index contributed by atoms with van der Waals surface area (Å²) >= 11 is 0. The average Bonchev–Trinajstić information content (AvgIpc) is 3.02. The maximum absolute atomic E-state index is 12.7. The van der Waals surface area contributed by atoms with Crippen LogP contribution >= 0.6 is 0 Å². The van der Waals surface area contributed by atoms with Gasteiger partial charge < -0.3 is 14.1 Å². The van der Waals surface area contributed by atoms with E-state index in [9.17, 15) is 13.2 Å². The van der Waals surface area contributed by atoms with Crippen molar-refractivity contribution in [3.8, 4) is 17.0 Å². The van der Waals surface area contributed by atoms with E-state index in [4.69, 9.17) is 9.32 Å². The van der Waals surface area contributed by atoms with Gasteiger partial charge in [0.15, 0.2) is 0 Å². The van der Waals surface area contributed by atoms with Crippen molar-refractivity contribution in [1.29, 1.82) is 0 Å². The number of rotatable bonds is 11. The van der Waals surface area contributed by atoms with Gasteiger partial charge in [0, 0.05) is 30.1 Å². The van der Waals surface area contributed by atoms with Gasteiger partial charge in [-0.25, -0.2) is 0 Å². The van der Waals surface area contributed by atoms with Crippen LogP contribution in [-0.2, 0) is 17.4 Å². The summed E-state index contributed by atoms with van der Waals surface area (Å²) in [6.45, 7) is 4.91. The Bertz CT molecular complexity index is 1210. The van der Waals surface area contributed by atoms with Gasteiger partial charge in [-0.05, 0) is 66.9 Å². The van der Waals surface area contributed by atoms with E-state index in [-0.39, 0.29) is 11.7 Å². The minimum absolute atomic E-state index is 0.0558. The zero-order valence-corrected chi connectivity index (χ0v) is 20.4. The Hall–Kier alpha value is -2.84. The molecule has 0 unspecified atom stereocenters. The highest BCUT2D eigenvalue weighted by Crippen LogP contribution is 2.33. The standard InChI is InChI=1S/C25H33N3O4S/c1-4-5-6-7-8-9-16-27-25(29)20-12-15-23-22(17-20)18(2)24(28(23)3)19-10-13-21(14-11-19)32-33(26,30)31/h10-15,17H,4-9,16H2,1-3H3,(H,27,29)(H2,26,30,31). The lowest BCUT2D eigenvalue weighted by molar-refractivity contribution is 0.0953. The van der Waals surface area contributed by atoms with E-state index in [2.05, 4.69) is 16.8 Å². The quantitative estimate of drug-likeness (QED) is 0.391. The van der Waals surface area contributed by atoms with Crippen LogP contribution in [0.5, 0.6) is 5.75 Å². The van der Waals surface area contributed by atoms with Crippen LogP contribution in [0.4, 0.5) is 0 Å². The van der Waals surface area contributed by atoms with E-state index in [1.165, 1.54) is 25.7 Å². The summed E-state index contributed by atoms with van der Waals surface area (Å²) < 4.78 is 29.0. The second kappa shape index (κ2) is 10.9. The third-order valence-corrected chi connectivity index (χ3v) is 6.30. The molecule has 3 aromatic rings. The number of carbonyl (C=O) groups excluding carboxylic acids is 1. The molecule has 7 nitrogen and oxygen atoms in total. The molecule has 0 saturated carbocycles. The van der Waals surface area contributed by atoms with Gasteiger partial charge >= 0.3 is 10.3 Å². The van der Waals surface area contributed by atoms with Crippen LogP contribution in [0.15, 0.2) is 42.5 Å². The number of fused-ring (bicyclic) bond motifs is 1. The maximum atomic E-state index is 12.7. The van der Waals surface area contributed by atoms with E-state index in [1.54, 1.807) is 24.3 Å². The number of benzene rings is 2. The minimum Gasteiger partial charge on any atom is -0.371 e. The van der Waals surface area contributed by atoms with Crippen molar-refractivity contribution in [1.82, 2.24) is 9.88 Å². The van der Waals surface area contributed by atoms with E-state index in [0.29, 0.717) is 12.1 Å². The zero-order chi connectivity index (χ0) is 24.0. The molecule has 33 heavy (non-hydrogen) atoms. The lowest BCUT2D eigenvalue weighted by Crippen LogP contribution is -2.24. The van der Waals surface area contributed by atoms with Gasteiger partial charge in [0.25, 0.3) is 5.91 Å². The molecule has 1 heterocycles. The number of nitrogens with zero attached hydrogens (tertiary/aromatic N) is 1. The topological polar surface area (TPSA) is 103 Å². The average molecular weight is 472 g/mol. The van der Waals surface area contributed by atoms with Gasteiger partial charge in [-0.1, -0.05) is 39.0 Å². The summed E-state index contributed by atoms with van der Waals surface area (Å²) in [4.78, 5) is 12.7. The fourth-order valence-electron chi connectivity index (χ4n) is 4.19. The molecule has 0 aliphatic rings. The molecular formula is C25H33N3O4S. The van der Waals surface area contributed by atoms with Crippen molar-refractivity contribution in [2.75, 3.05) is 6.54 Å². The number of unbranched alkanes of at least 4 members (excludes halogenated alkanes) is 5. The number of nitrogens with one attached hydrogen (secondary N) is 1. The van der Waals surface area contributed by atoms with Gasteiger partial charge in [0.05, 0.1) is 5.69 Å². The molecule has 1 aromatic heterocycles. The first kappa shape index (κ1) is 24.8. The molecule has 8 heteroatoms. The SMILES string of the molecule is CCCCCCCCNC(=O)c1ccc2c(c1)c(C)c(-c1ccc(OS(N)(=O)=O)cc1)n2C.